The van der Waals surface area contributed by atoms with Crippen LogP contribution in [0.25, 0.3) is 54.6 Å². The quantitative estimate of drug-likeness (QED) is 0.201. The van der Waals surface area contributed by atoms with Crippen LogP contribution in [0.4, 0.5) is 0 Å². The first kappa shape index (κ1) is 26.4. The Balaban J connectivity index is 1.24. The van der Waals surface area contributed by atoms with Gasteiger partial charge in [0.25, 0.3) is 0 Å². The lowest BCUT2D eigenvalue weighted by molar-refractivity contribution is 0.672. The van der Waals surface area contributed by atoms with Crippen molar-refractivity contribution in [2.45, 2.75) is 6.04 Å². The molecule has 8 aromatic rings. The summed E-state index contributed by atoms with van der Waals surface area (Å²) in [5.41, 5.74) is 8.79. The molecule has 0 aliphatic carbocycles. The second kappa shape index (κ2) is 10.5. The number of fused-ring (bicyclic) bond motifs is 6. The van der Waals surface area contributed by atoms with Gasteiger partial charge in [-0.3, -0.25) is 4.99 Å². The Morgan fingerprint density at radius 1 is 0.543 bits per heavy atom. The molecule has 0 N–H and O–H groups in total. The van der Waals surface area contributed by atoms with E-state index in [1.807, 2.05) is 18.2 Å². The minimum atomic E-state index is -0.296. The van der Waals surface area contributed by atoms with Gasteiger partial charge in [-0.15, -0.1) is 0 Å². The molecule has 0 saturated carbocycles. The van der Waals surface area contributed by atoms with E-state index < -0.39 is 0 Å². The molecule has 216 valence electrons. The number of hydrogen-bond donors (Lipinski definition) is 0. The summed E-state index contributed by atoms with van der Waals surface area (Å²) >= 11 is 0. The Labute approximate surface area is 266 Å². The first-order valence-corrected chi connectivity index (χ1v) is 15.5. The lowest BCUT2D eigenvalue weighted by Crippen LogP contribution is -2.20. The normalized spacial score (nSPS) is 15.0. The molecule has 0 saturated heterocycles. The highest BCUT2D eigenvalue weighted by Gasteiger charge is 2.28. The minimum Gasteiger partial charge on any atom is -0.455 e. The molecule has 9 rings (SSSR count). The summed E-state index contributed by atoms with van der Waals surface area (Å²) in [7, 11) is 0. The van der Waals surface area contributed by atoms with E-state index in [9.17, 15) is 0 Å². The van der Waals surface area contributed by atoms with Gasteiger partial charge in [0.1, 0.15) is 17.2 Å². The third-order valence-corrected chi connectivity index (χ3v) is 9.09. The van der Waals surface area contributed by atoms with Gasteiger partial charge in [0.05, 0.1) is 5.71 Å². The van der Waals surface area contributed by atoms with Crippen LogP contribution in [0.2, 0.25) is 0 Å². The molecular weight excluding hydrogens is 560 g/mol. The fourth-order valence-electron chi connectivity index (χ4n) is 6.76. The number of rotatable bonds is 4. The third-order valence-electron chi connectivity index (χ3n) is 9.09. The van der Waals surface area contributed by atoms with Crippen LogP contribution in [0, 0.1) is 0 Å². The van der Waals surface area contributed by atoms with Crippen LogP contribution in [0.15, 0.2) is 178 Å². The molecule has 0 radical (unpaired) electrons. The Morgan fingerprint density at radius 3 is 2.09 bits per heavy atom. The summed E-state index contributed by atoms with van der Waals surface area (Å²) in [6, 6.07) is 52.6. The molecular formula is C43H28N2O. The van der Waals surface area contributed by atoms with Crippen LogP contribution in [-0.2, 0) is 0 Å². The van der Waals surface area contributed by atoms with Crippen molar-refractivity contribution in [1.82, 2.24) is 0 Å². The van der Waals surface area contributed by atoms with Gasteiger partial charge in [-0.1, -0.05) is 140 Å². The van der Waals surface area contributed by atoms with Crippen molar-refractivity contribution in [3.05, 3.63) is 181 Å². The molecule has 0 amide bonds. The molecule has 1 unspecified atom stereocenters. The van der Waals surface area contributed by atoms with Gasteiger partial charge in [0.2, 0.25) is 0 Å². The average molecular weight is 589 g/mol. The number of amidine groups is 1. The van der Waals surface area contributed by atoms with E-state index in [1.165, 1.54) is 16.3 Å². The van der Waals surface area contributed by atoms with Crippen LogP contribution >= 0.6 is 0 Å². The van der Waals surface area contributed by atoms with Crippen LogP contribution in [0.1, 0.15) is 22.7 Å². The molecule has 1 aliphatic rings. The van der Waals surface area contributed by atoms with E-state index in [-0.39, 0.29) is 6.04 Å². The highest BCUT2D eigenvalue weighted by Crippen LogP contribution is 2.40. The number of hydrogen-bond acceptors (Lipinski definition) is 3. The van der Waals surface area contributed by atoms with Crippen LogP contribution in [0.3, 0.4) is 0 Å². The fourth-order valence-corrected chi connectivity index (χ4v) is 6.76. The molecule has 46 heavy (non-hydrogen) atoms. The van der Waals surface area contributed by atoms with E-state index >= 15 is 0 Å². The number of benzene rings is 7. The summed E-state index contributed by atoms with van der Waals surface area (Å²) in [5.74, 6) is 0.690. The average Bonchev–Trinajstić information content (AvgIpc) is 3.52. The summed E-state index contributed by atoms with van der Waals surface area (Å²) in [6.45, 7) is 4.64. The van der Waals surface area contributed by atoms with Crippen molar-refractivity contribution in [2.75, 3.05) is 0 Å². The second-order valence-corrected chi connectivity index (χ2v) is 11.8. The Kier molecular flexibility index (Phi) is 6.04. The largest absolute Gasteiger partial charge is 0.455 e. The molecule has 0 bridgehead atoms. The predicted molar refractivity (Wildman–Crippen MR) is 192 cm³/mol. The zero-order valence-electron chi connectivity index (χ0n) is 25.0. The van der Waals surface area contributed by atoms with Crippen LogP contribution in [0.5, 0.6) is 0 Å². The zero-order valence-corrected chi connectivity index (χ0v) is 25.0. The smallest absolute Gasteiger partial charge is 0.156 e. The monoisotopic (exact) mass is 588 g/mol. The molecule has 0 spiro atoms. The van der Waals surface area contributed by atoms with Gasteiger partial charge in [0.15, 0.2) is 5.84 Å². The molecule has 1 aliphatic heterocycles. The van der Waals surface area contributed by atoms with Crippen LogP contribution < -0.4 is 0 Å². The zero-order chi connectivity index (χ0) is 30.6. The number of furan rings is 1. The van der Waals surface area contributed by atoms with Crippen molar-refractivity contribution in [2.24, 2.45) is 9.98 Å². The minimum absolute atomic E-state index is 0.296. The van der Waals surface area contributed by atoms with Crippen molar-refractivity contribution in [3.8, 4) is 11.1 Å². The number of nitrogens with zero attached hydrogens (tertiary/aromatic N) is 2. The SMILES string of the molecule is C=C1C(c2cccc3oc4c5ccccc5ccc4c23)=NC(c2ccc(-c3ccccc3)cc2)=NC1c1ccc2ccccc2c1. The first-order chi connectivity index (χ1) is 22.7. The van der Waals surface area contributed by atoms with Crippen molar-refractivity contribution >= 4 is 55.0 Å². The Morgan fingerprint density at radius 2 is 1.24 bits per heavy atom. The van der Waals surface area contributed by atoms with Crippen LogP contribution in [-0.4, -0.2) is 11.5 Å². The molecule has 1 atom stereocenters. The molecule has 2 heterocycles. The van der Waals surface area contributed by atoms with Crippen molar-refractivity contribution in [3.63, 3.8) is 0 Å². The Bertz CT molecular complexity index is 2540. The molecule has 7 aromatic carbocycles. The standard InChI is InChI=1S/C43H28N2O/c1-27-40(34-23-20-29-12-5-6-14-33(29)26-34)44-43(32-21-18-30(19-22-32)28-10-3-2-4-11-28)45-41(27)36-16-9-17-38-39(36)37-25-24-31-13-7-8-15-35(31)42(37)46-38/h2-26,40H,1H2. The van der Waals surface area contributed by atoms with E-state index in [4.69, 9.17) is 14.4 Å². The number of aliphatic imine (C=N–C) groups is 2. The molecule has 3 heteroatoms. The summed E-state index contributed by atoms with van der Waals surface area (Å²) in [4.78, 5) is 10.5. The van der Waals surface area contributed by atoms with Crippen molar-refractivity contribution < 1.29 is 4.42 Å². The fraction of sp³-hybridized carbons (Fsp3) is 0.0233. The third kappa shape index (κ3) is 4.28. The molecule has 3 nitrogen and oxygen atoms in total. The lowest BCUT2D eigenvalue weighted by Gasteiger charge is -2.24. The van der Waals surface area contributed by atoms with E-state index in [2.05, 4.69) is 140 Å². The maximum Gasteiger partial charge on any atom is 0.156 e. The van der Waals surface area contributed by atoms with E-state index in [0.717, 1.165) is 66.2 Å². The van der Waals surface area contributed by atoms with E-state index in [1.54, 1.807) is 0 Å². The van der Waals surface area contributed by atoms with Gasteiger partial charge in [0, 0.05) is 32.9 Å². The first-order valence-electron chi connectivity index (χ1n) is 15.5. The van der Waals surface area contributed by atoms with Gasteiger partial charge in [-0.05, 0) is 51.0 Å². The maximum absolute atomic E-state index is 6.54. The van der Waals surface area contributed by atoms with Gasteiger partial charge < -0.3 is 4.42 Å². The molecule has 1 aromatic heterocycles. The summed E-state index contributed by atoms with van der Waals surface area (Å²) < 4.78 is 6.54. The van der Waals surface area contributed by atoms with Gasteiger partial charge in [-0.2, -0.15) is 0 Å². The van der Waals surface area contributed by atoms with Crippen molar-refractivity contribution in [1.29, 1.82) is 0 Å². The predicted octanol–water partition coefficient (Wildman–Crippen LogP) is 11.1. The Hall–Kier alpha value is -6.06. The highest BCUT2D eigenvalue weighted by atomic mass is 16.3. The van der Waals surface area contributed by atoms with E-state index in [0.29, 0.717) is 5.84 Å². The highest BCUT2D eigenvalue weighted by molar-refractivity contribution is 6.29. The lowest BCUT2D eigenvalue weighted by atomic mass is 9.88. The van der Waals surface area contributed by atoms with Gasteiger partial charge >= 0.3 is 0 Å². The topological polar surface area (TPSA) is 37.9 Å². The van der Waals surface area contributed by atoms with Gasteiger partial charge in [-0.25, -0.2) is 4.99 Å². The summed E-state index contributed by atoms with van der Waals surface area (Å²) in [6.07, 6.45) is 0. The maximum atomic E-state index is 6.54. The second-order valence-electron chi connectivity index (χ2n) is 11.8. The molecule has 0 fully saturated rings. The summed E-state index contributed by atoms with van der Waals surface area (Å²) in [5, 5.41) is 6.74.